The van der Waals surface area contributed by atoms with Crippen molar-refractivity contribution in [3.63, 3.8) is 0 Å². The third kappa shape index (κ3) is 2.69. The van der Waals surface area contributed by atoms with Gasteiger partial charge < -0.3 is 14.7 Å². The second kappa shape index (κ2) is 5.14. The Labute approximate surface area is 112 Å². The Kier molecular flexibility index (Phi) is 3.35. The van der Waals surface area contributed by atoms with Gasteiger partial charge in [-0.25, -0.2) is 9.97 Å². The Morgan fingerprint density at radius 2 is 2.32 bits per heavy atom. The zero-order valence-corrected chi connectivity index (χ0v) is 11.3. The molecule has 2 aromatic heterocycles. The Hall–Kier alpha value is -1.66. The van der Waals surface area contributed by atoms with Gasteiger partial charge in [0.15, 0.2) is 0 Å². The van der Waals surface area contributed by atoms with Crippen LogP contribution in [-0.4, -0.2) is 44.5 Å². The molecule has 102 valence electrons. The molecule has 0 saturated carbocycles. The van der Waals surface area contributed by atoms with Gasteiger partial charge in [-0.15, -0.1) is 0 Å². The van der Waals surface area contributed by atoms with Crippen molar-refractivity contribution in [1.29, 1.82) is 0 Å². The van der Waals surface area contributed by atoms with Crippen molar-refractivity contribution in [2.45, 2.75) is 26.5 Å². The van der Waals surface area contributed by atoms with Crippen LogP contribution in [0.15, 0.2) is 12.5 Å². The second-order valence-corrected chi connectivity index (χ2v) is 5.02. The quantitative estimate of drug-likeness (QED) is 0.874. The van der Waals surface area contributed by atoms with Crippen LogP contribution >= 0.6 is 0 Å². The number of imidazole rings is 2. The second-order valence-electron chi connectivity index (χ2n) is 5.02. The van der Waals surface area contributed by atoms with Gasteiger partial charge in [-0.2, -0.15) is 0 Å². The van der Waals surface area contributed by atoms with Crippen LogP contribution < -0.4 is 0 Å². The van der Waals surface area contributed by atoms with Gasteiger partial charge >= 0.3 is 0 Å². The van der Waals surface area contributed by atoms with Crippen LogP contribution in [0.25, 0.3) is 0 Å². The first kappa shape index (κ1) is 12.4. The summed E-state index contributed by atoms with van der Waals surface area (Å²) in [4.78, 5) is 17.4. The van der Waals surface area contributed by atoms with Crippen molar-refractivity contribution < 1.29 is 4.74 Å². The van der Waals surface area contributed by atoms with Crippen LogP contribution in [0.5, 0.6) is 0 Å². The number of nitrogens with one attached hydrogen (secondary N) is 2. The fraction of sp³-hybridized carbons (Fsp3) is 0.538. The number of aryl methyl sites for hydroxylation is 2. The lowest BCUT2D eigenvalue weighted by Crippen LogP contribution is -2.38. The molecule has 3 heterocycles. The van der Waals surface area contributed by atoms with E-state index in [0.29, 0.717) is 0 Å². The molecule has 0 bridgehead atoms. The molecule has 1 saturated heterocycles. The SMILES string of the molecule is Cc1cnc([C@H]2CN(Cc3nc[nH]c3C)CCO2)[nH]1. The summed E-state index contributed by atoms with van der Waals surface area (Å²) in [5.41, 5.74) is 3.31. The first-order valence-electron chi connectivity index (χ1n) is 6.56. The average Bonchev–Trinajstić information content (AvgIpc) is 3.00. The van der Waals surface area contributed by atoms with Crippen molar-refractivity contribution in [2.24, 2.45) is 0 Å². The smallest absolute Gasteiger partial charge is 0.136 e. The standard InChI is InChI=1S/C13H19N5O/c1-9-5-14-13(17-9)12-7-18(3-4-19-12)6-11-10(2)15-8-16-11/h5,8,12H,3-4,6-7H2,1-2H3,(H,14,17)(H,15,16)/t12-/m1/s1. The molecule has 1 fully saturated rings. The first-order chi connectivity index (χ1) is 9.22. The normalized spacial score (nSPS) is 20.8. The number of hydrogen-bond acceptors (Lipinski definition) is 4. The summed E-state index contributed by atoms with van der Waals surface area (Å²) in [7, 11) is 0. The molecular weight excluding hydrogens is 242 g/mol. The molecule has 0 spiro atoms. The maximum Gasteiger partial charge on any atom is 0.136 e. The van der Waals surface area contributed by atoms with E-state index < -0.39 is 0 Å². The number of rotatable bonds is 3. The van der Waals surface area contributed by atoms with Crippen LogP contribution in [0.1, 0.15) is 29.0 Å². The number of ether oxygens (including phenoxy) is 1. The lowest BCUT2D eigenvalue weighted by molar-refractivity contribution is -0.0372. The van der Waals surface area contributed by atoms with E-state index in [0.717, 1.165) is 49.1 Å². The van der Waals surface area contributed by atoms with E-state index in [1.54, 1.807) is 6.33 Å². The molecule has 19 heavy (non-hydrogen) atoms. The minimum Gasteiger partial charge on any atom is -0.368 e. The molecule has 1 aliphatic heterocycles. The molecule has 0 aromatic carbocycles. The highest BCUT2D eigenvalue weighted by Crippen LogP contribution is 2.21. The molecule has 3 rings (SSSR count). The molecular formula is C13H19N5O. The third-order valence-electron chi connectivity index (χ3n) is 3.49. The van der Waals surface area contributed by atoms with E-state index in [4.69, 9.17) is 4.74 Å². The number of nitrogens with zero attached hydrogens (tertiary/aromatic N) is 3. The van der Waals surface area contributed by atoms with E-state index in [2.05, 4.69) is 31.8 Å². The monoisotopic (exact) mass is 261 g/mol. The van der Waals surface area contributed by atoms with Crippen molar-refractivity contribution in [2.75, 3.05) is 19.7 Å². The minimum absolute atomic E-state index is 0.0293. The maximum atomic E-state index is 5.79. The fourth-order valence-corrected chi connectivity index (χ4v) is 2.37. The summed E-state index contributed by atoms with van der Waals surface area (Å²) in [6.07, 6.45) is 3.62. The van der Waals surface area contributed by atoms with Crippen molar-refractivity contribution in [3.05, 3.63) is 35.4 Å². The van der Waals surface area contributed by atoms with Gasteiger partial charge in [-0.3, -0.25) is 4.90 Å². The van der Waals surface area contributed by atoms with E-state index in [1.165, 1.54) is 0 Å². The van der Waals surface area contributed by atoms with Crippen molar-refractivity contribution >= 4 is 0 Å². The number of morpholine rings is 1. The lowest BCUT2D eigenvalue weighted by atomic mass is 10.2. The summed E-state index contributed by atoms with van der Waals surface area (Å²) >= 11 is 0. The molecule has 1 atom stereocenters. The predicted molar refractivity (Wildman–Crippen MR) is 70.6 cm³/mol. The molecule has 2 aromatic rings. The Morgan fingerprint density at radius 3 is 3.00 bits per heavy atom. The van der Waals surface area contributed by atoms with Crippen LogP contribution in [-0.2, 0) is 11.3 Å². The van der Waals surface area contributed by atoms with Crippen LogP contribution in [0.3, 0.4) is 0 Å². The molecule has 6 nitrogen and oxygen atoms in total. The molecule has 0 amide bonds. The molecule has 1 aliphatic rings. The molecule has 2 N–H and O–H groups in total. The summed E-state index contributed by atoms with van der Waals surface area (Å²) < 4.78 is 5.79. The zero-order chi connectivity index (χ0) is 13.2. The van der Waals surface area contributed by atoms with Gasteiger partial charge in [-0.05, 0) is 13.8 Å². The zero-order valence-electron chi connectivity index (χ0n) is 11.3. The van der Waals surface area contributed by atoms with Gasteiger partial charge in [0.25, 0.3) is 0 Å². The molecule has 0 aliphatic carbocycles. The Balaban J connectivity index is 1.66. The van der Waals surface area contributed by atoms with E-state index in [1.807, 2.05) is 13.1 Å². The van der Waals surface area contributed by atoms with E-state index in [9.17, 15) is 0 Å². The first-order valence-corrected chi connectivity index (χ1v) is 6.56. The summed E-state index contributed by atoms with van der Waals surface area (Å²) in [6, 6.07) is 0. The Morgan fingerprint density at radius 1 is 1.42 bits per heavy atom. The van der Waals surface area contributed by atoms with Crippen LogP contribution in [0.4, 0.5) is 0 Å². The fourth-order valence-electron chi connectivity index (χ4n) is 2.37. The number of H-pyrrole nitrogens is 2. The molecule has 6 heteroatoms. The highest BCUT2D eigenvalue weighted by Gasteiger charge is 2.24. The summed E-state index contributed by atoms with van der Waals surface area (Å²) in [5, 5.41) is 0. The molecule has 0 radical (unpaired) electrons. The van der Waals surface area contributed by atoms with Gasteiger partial charge in [-0.1, -0.05) is 0 Å². The van der Waals surface area contributed by atoms with Crippen molar-refractivity contribution in [1.82, 2.24) is 24.8 Å². The third-order valence-corrected chi connectivity index (χ3v) is 3.49. The highest BCUT2D eigenvalue weighted by molar-refractivity contribution is 5.09. The van der Waals surface area contributed by atoms with Gasteiger partial charge in [0.1, 0.15) is 11.9 Å². The maximum absolute atomic E-state index is 5.79. The topological polar surface area (TPSA) is 69.8 Å². The summed E-state index contributed by atoms with van der Waals surface area (Å²) in [5.74, 6) is 0.918. The minimum atomic E-state index is 0.0293. The number of aromatic amines is 2. The van der Waals surface area contributed by atoms with E-state index >= 15 is 0 Å². The largest absolute Gasteiger partial charge is 0.368 e. The molecule has 0 unspecified atom stereocenters. The highest BCUT2D eigenvalue weighted by atomic mass is 16.5. The lowest BCUT2D eigenvalue weighted by Gasteiger charge is -2.31. The predicted octanol–water partition coefficient (Wildman–Crippen LogP) is 1.32. The number of aromatic nitrogens is 4. The average molecular weight is 261 g/mol. The number of hydrogen-bond donors (Lipinski definition) is 2. The van der Waals surface area contributed by atoms with Gasteiger partial charge in [0.05, 0.1) is 18.6 Å². The summed E-state index contributed by atoms with van der Waals surface area (Å²) in [6.45, 7) is 7.42. The van der Waals surface area contributed by atoms with Crippen LogP contribution in [0, 0.1) is 13.8 Å². The van der Waals surface area contributed by atoms with Gasteiger partial charge in [0.2, 0.25) is 0 Å². The van der Waals surface area contributed by atoms with Gasteiger partial charge in [0, 0.05) is 37.2 Å². The Bertz CT molecular complexity index is 547. The van der Waals surface area contributed by atoms with Crippen molar-refractivity contribution in [3.8, 4) is 0 Å². The van der Waals surface area contributed by atoms with E-state index in [-0.39, 0.29) is 6.10 Å². The van der Waals surface area contributed by atoms with Crippen LogP contribution in [0.2, 0.25) is 0 Å².